The van der Waals surface area contributed by atoms with E-state index in [1.807, 2.05) is 12.4 Å². The predicted molar refractivity (Wildman–Crippen MR) is 91.6 cm³/mol. The van der Waals surface area contributed by atoms with Gasteiger partial charge >= 0.3 is 0 Å². The van der Waals surface area contributed by atoms with Crippen molar-refractivity contribution in [2.45, 2.75) is 31.8 Å². The Balaban J connectivity index is 1.43. The quantitative estimate of drug-likeness (QED) is 0.838. The summed E-state index contributed by atoms with van der Waals surface area (Å²) in [7, 11) is 1.70. The summed E-state index contributed by atoms with van der Waals surface area (Å²) in [5.74, 6) is 0.870. The molecule has 0 unspecified atom stereocenters. The molecule has 0 amide bonds. The van der Waals surface area contributed by atoms with Gasteiger partial charge in [-0.3, -0.25) is 9.88 Å². The number of hydrogen-bond acceptors (Lipinski definition) is 7. The highest BCUT2D eigenvalue weighted by atomic mass is 32.1. The summed E-state index contributed by atoms with van der Waals surface area (Å²) >= 11 is 1.45. The summed E-state index contributed by atoms with van der Waals surface area (Å²) < 4.78 is 9.42. The molecule has 0 saturated carbocycles. The van der Waals surface area contributed by atoms with E-state index < -0.39 is 0 Å². The van der Waals surface area contributed by atoms with E-state index in [2.05, 4.69) is 36.7 Å². The number of anilines is 1. The van der Waals surface area contributed by atoms with Crippen LogP contribution in [0.1, 0.15) is 24.2 Å². The fraction of sp³-hybridized carbons (Fsp3) is 0.562. The van der Waals surface area contributed by atoms with Crippen LogP contribution >= 0.6 is 11.5 Å². The molecule has 1 aliphatic rings. The van der Waals surface area contributed by atoms with Crippen molar-refractivity contribution >= 4 is 16.7 Å². The first kappa shape index (κ1) is 16.3. The van der Waals surface area contributed by atoms with Crippen LogP contribution in [0, 0.1) is 0 Å². The molecule has 0 radical (unpaired) electrons. The number of rotatable bonds is 7. The van der Waals surface area contributed by atoms with Gasteiger partial charge in [-0.2, -0.15) is 4.37 Å². The summed E-state index contributed by atoms with van der Waals surface area (Å²) in [5, 5.41) is 4.46. The van der Waals surface area contributed by atoms with E-state index >= 15 is 0 Å². The van der Waals surface area contributed by atoms with Crippen LogP contribution in [0.25, 0.3) is 0 Å². The highest BCUT2D eigenvalue weighted by Gasteiger charge is 2.20. The van der Waals surface area contributed by atoms with E-state index in [1.54, 1.807) is 7.11 Å². The van der Waals surface area contributed by atoms with Crippen molar-refractivity contribution in [2.24, 2.45) is 0 Å². The lowest BCUT2D eigenvalue weighted by atomic mass is 10.0. The molecule has 0 atom stereocenters. The maximum absolute atomic E-state index is 5.06. The van der Waals surface area contributed by atoms with Gasteiger partial charge in [-0.1, -0.05) is 0 Å². The molecule has 6 nitrogen and oxygen atoms in total. The van der Waals surface area contributed by atoms with E-state index in [-0.39, 0.29) is 0 Å². The lowest BCUT2D eigenvalue weighted by molar-refractivity contribution is 0.201. The van der Waals surface area contributed by atoms with Gasteiger partial charge in [0.15, 0.2) is 0 Å². The maximum Gasteiger partial charge on any atom is 0.202 e. The van der Waals surface area contributed by atoms with Gasteiger partial charge < -0.3 is 10.1 Å². The number of piperidine rings is 1. The zero-order chi connectivity index (χ0) is 15.9. The fourth-order valence-electron chi connectivity index (χ4n) is 2.76. The lowest BCUT2D eigenvalue weighted by Crippen LogP contribution is -2.38. The molecule has 1 fully saturated rings. The van der Waals surface area contributed by atoms with Crippen molar-refractivity contribution in [3.8, 4) is 0 Å². The molecule has 0 aromatic carbocycles. The third-order valence-electron chi connectivity index (χ3n) is 4.07. The zero-order valence-electron chi connectivity index (χ0n) is 13.4. The molecule has 0 bridgehead atoms. The molecule has 1 N–H and O–H groups in total. The molecule has 3 rings (SSSR count). The largest absolute Gasteiger partial charge is 0.384 e. The minimum atomic E-state index is 0.493. The lowest BCUT2D eigenvalue weighted by Gasteiger charge is -2.32. The normalized spacial score (nSPS) is 16.6. The van der Waals surface area contributed by atoms with E-state index in [9.17, 15) is 0 Å². The average molecular weight is 333 g/mol. The summed E-state index contributed by atoms with van der Waals surface area (Å²) in [4.78, 5) is 11.1. The molecule has 2 aromatic heterocycles. The SMILES string of the molecule is COCCc1nsc(NC2CCN(Cc3ccncc3)CC2)n1. The Bertz CT molecular complexity index is 583. The van der Waals surface area contributed by atoms with E-state index in [0.29, 0.717) is 12.6 Å². The topological polar surface area (TPSA) is 63.2 Å². The molecular formula is C16H23N5OS. The van der Waals surface area contributed by atoms with Crippen LogP contribution in [0.4, 0.5) is 5.13 Å². The van der Waals surface area contributed by atoms with Crippen LogP contribution in [0.5, 0.6) is 0 Å². The smallest absolute Gasteiger partial charge is 0.202 e. The van der Waals surface area contributed by atoms with Gasteiger partial charge in [0.25, 0.3) is 0 Å². The van der Waals surface area contributed by atoms with Gasteiger partial charge in [-0.25, -0.2) is 4.98 Å². The Hall–Kier alpha value is -1.57. The summed E-state index contributed by atoms with van der Waals surface area (Å²) in [6.45, 7) is 3.89. The molecule has 1 saturated heterocycles. The number of likely N-dealkylation sites (tertiary alicyclic amines) is 1. The van der Waals surface area contributed by atoms with Gasteiger partial charge in [0.05, 0.1) is 6.61 Å². The number of ether oxygens (including phenoxy) is 1. The number of methoxy groups -OCH3 is 1. The third kappa shape index (κ3) is 4.95. The number of nitrogens with one attached hydrogen (secondary N) is 1. The first-order chi connectivity index (χ1) is 11.3. The molecule has 23 heavy (non-hydrogen) atoms. The zero-order valence-corrected chi connectivity index (χ0v) is 14.3. The number of hydrogen-bond donors (Lipinski definition) is 1. The van der Waals surface area contributed by atoms with Gasteiger partial charge in [-0.15, -0.1) is 0 Å². The Morgan fingerprint density at radius 3 is 2.83 bits per heavy atom. The second kappa shape index (κ2) is 8.33. The van der Waals surface area contributed by atoms with Crippen LogP contribution < -0.4 is 5.32 Å². The molecule has 2 aromatic rings. The Labute approximate surface area is 141 Å². The second-order valence-corrected chi connectivity index (χ2v) is 6.56. The highest BCUT2D eigenvalue weighted by molar-refractivity contribution is 7.09. The minimum absolute atomic E-state index is 0.493. The van der Waals surface area contributed by atoms with Crippen molar-refractivity contribution in [3.63, 3.8) is 0 Å². The Morgan fingerprint density at radius 1 is 1.30 bits per heavy atom. The molecular weight excluding hydrogens is 310 g/mol. The van der Waals surface area contributed by atoms with Gasteiger partial charge in [0, 0.05) is 63.1 Å². The number of nitrogens with zero attached hydrogens (tertiary/aromatic N) is 4. The molecule has 0 spiro atoms. The first-order valence-electron chi connectivity index (χ1n) is 8.03. The van der Waals surface area contributed by atoms with Crippen LogP contribution in [0.15, 0.2) is 24.5 Å². The van der Waals surface area contributed by atoms with Crippen LogP contribution in [-0.2, 0) is 17.7 Å². The van der Waals surface area contributed by atoms with Crippen LogP contribution in [0.3, 0.4) is 0 Å². The van der Waals surface area contributed by atoms with Crippen molar-refractivity contribution in [1.82, 2.24) is 19.2 Å². The van der Waals surface area contributed by atoms with E-state index in [4.69, 9.17) is 4.74 Å². The van der Waals surface area contributed by atoms with E-state index in [1.165, 1.54) is 17.1 Å². The fourth-order valence-corrected chi connectivity index (χ4v) is 3.45. The number of pyridine rings is 1. The van der Waals surface area contributed by atoms with Crippen LogP contribution in [-0.4, -0.2) is 52.1 Å². The monoisotopic (exact) mass is 333 g/mol. The van der Waals surface area contributed by atoms with Crippen molar-refractivity contribution in [1.29, 1.82) is 0 Å². The van der Waals surface area contributed by atoms with Gasteiger partial charge in [-0.05, 0) is 30.5 Å². The molecule has 1 aliphatic heterocycles. The van der Waals surface area contributed by atoms with Gasteiger partial charge in [0.2, 0.25) is 5.13 Å². The molecule has 3 heterocycles. The summed E-state index contributed by atoms with van der Waals surface area (Å²) in [6.07, 6.45) is 6.77. The molecule has 124 valence electrons. The van der Waals surface area contributed by atoms with Crippen LogP contribution in [0.2, 0.25) is 0 Å². The molecule has 7 heteroatoms. The second-order valence-electron chi connectivity index (χ2n) is 5.81. The van der Waals surface area contributed by atoms with Crippen molar-refractivity contribution in [3.05, 3.63) is 35.9 Å². The highest BCUT2D eigenvalue weighted by Crippen LogP contribution is 2.19. The molecule has 0 aliphatic carbocycles. The average Bonchev–Trinajstić information content (AvgIpc) is 3.03. The van der Waals surface area contributed by atoms with Gasteiger partial charge in [0.1, 0.15) is 5.82 Å². The number of aromatic nitrogens is 3. The van der Waals surface area contributed by atoms with Crippen molar-refractivity contribution < 1.29 is 4.74 Å². The summed E-state index contributed by atoms with van der Waals surface area (Å²) in [6, 6.07) is 4.67. The minimum Gasteiger partial charge on any atom is -0.384 e. The first-order valence-corrected chi connectivity index (χ1v) is 8.80. The Kier molecular flexibility index (Phi) is 5.90. The predicted octanol–water partition coefficient (Wildman–Crippen LogP) is 2.20. The summed E-state index contributed by atoms with van der Waals surface area (Å²) in [5.41, 5.74) is 1.33. The third-order valence-corrected chi connectivity index (χ3v) is 4.75. The standard InChI is InChI=1S/C16H23N5OS/c1-22-11-6-15-19-16(23-20-15)18-14-4-9-21(10-5-14)12-13-2-7-17-8-3-13/h2-3,7-8,14H,4-6,9-12H2,1H3,(H,18,19,20). The van der Waals surface area contributed by atoms with E-state index in [0.717, 1.165) is 49.9 Å². The Morgan fingerprint density at radius 2 is 2.09 bits per heavy atom. The maximum atomic E-state index is 5.06. The van der Waals surface area contributed by atoms with Crippen molar-refractivity contribution in [2.75, 3.05) is 32.1 Å².